The van der Waals surface area contributed by atoms with Crippen LogP contribution in [0.15, 0.2) is 24.3 Å². The molecule has 1 aromatic rings. The lowest BCUT2D eigenvalue weighted by atomic mass is 9.69. The summed E-state index contributed by atoms with van der Waals surface area (Å²) >= 11 is 0. The van der Waals surface area contributed by atoms with Crippen LogP contribution < -0.4 is 0 Å². The van der Waals surface area contributed by atoms with E-state index in [9.17, 15) is 15.0 Å². The van der Waals surface area contributed by atoms with Crippen molar-refractivity contribution in [2.45, 2.75) is 62.4 Å². The van der Waals surface area contributed by atoms with Crippen molar-refractivity contribution in [2.75, 3.05) is 0 Å². The van der Waals surface area contributed by atoms with Crippen LogP contribution in [0.1, 0.15) is 56.1 Å². The zero-order chi connectivity index (χ0) is 14.2. The van der Waals surface area contributed by atoms with E-state index in [2.05, 4.69) is 0 Å². The molecular weight excluding hydrogens is 252 g/mol. The molecule has 0 spiro atoms. The smallest absolute Gasteiger partial charge is 0.314 e. The van der Waals surface area contributed by atoms with Gasteiger partial charge in [-0.2, -0.15) is 0 Å². The summed E-state index contributed by atoms with van der Waals surface area (Å²) in [5.41, 5.74) is 0.373. The largest absolute Gasteiger partial charge is 0.481 e. The Bertz CT molecular complexity index is 517. The first kappa shape index (κ1) is 13.6. The van der Waals surface area contributed by atoms with Gasteiger partial charge in [-0.25, -0.2) is 0 Å². The summed E-state index contributed by atoms with van der Waals surface area (Å²) in [6.07, 6.45) is 6.43. The van der Waals surface area contributed by atoms with Crippen LogP contribution in [0.5, 0.6) is 0 Å². The maximum Gasteiger partial charge on any atom is 0.314 e. The second kappa shape index (κ2) is 4.88. The second-order valence-corrected chi connectivity index (χ2v) is 6.51. The third-order valence-electron chi connectivity index (χ3n) is 5.18. The van der Waals surface area contributed by atoms with Gasteiger partial charge in [0, 0.05) is 0 Å². The van der Waals surface area contributed by atoms with Gasteiger partial charge in [-0.15, -0.1) is 0 Å². The minimum atomic E-state index is -0.886. The lowest BCUT2D eigenvalue weighted by Gasteiger charge is -2.39. The van der Waals surface area contributed by atoms with Gasteiger partial charge in [0.2, 0.25) is 0 Å². The van der Waals surface area contributed by atoms with Gasteiger partial charge in [-0.1, -0.05) is 43.5 Å². The van der Waals surface area contributed by atoms with Gasteiger partial charge >= 0.3 is 5.97 Å². The molecule has 2 N–H and O–H groups in total. The maximum atomic E-state index is 12.0. The molecule has 0 amide bonds. The van der Waals surface area contributed by atoms with E-state index in [1.807, 2.05) is 24.3 Å². The van der Waals surface area contributed by atoms with Crippen molar-refractivity contribution >= 4 is 5.97 Å². The topological polar surface area (TPSA) is 57.5 Å². The van der Waals surface area contributed by atoms with Crippen molar-refractivity contribution in [3.63, 3.8) is 0 Å². The molecule has 0 saturated heterocycles. The van der Waals surface area contributed by atoms with Crippen LogP contribution in [0, 0.1) is 0 Å². The van der Waals surface area contributed by atoms with E-state index in [0.29, 0.717) is 12.8 Å². The molecular formula is C17H22O3. The molecule has 1 aromatic carbocycles. The Hall–Kier alpha value is -1.35. The Labute approximate surface area is 119 Å². The number of aliphatic hydroxyl groups is 1. The van der Waals surface area contributed by atoms with E-state index in [-0.39, 0.29) is 0 Å². The molecule has 3 nitrogen and oxygen atoms in total. The van der Waals surface area contributed by atoms with Gasteiger partial charge in [0.25, 0.3) is 0 Å². The molecule has 1 saturated carbocycles. The monoisotopic (exact) mass is 274 g/mol. The number of aliphatic carboxylic acids is 1. The minimum absolute atomic E-state index is 0.367. The quantitative estimate of drug-likeness (QED) is 0.890. The molecule has 1 fully saturated rings. The van der Waals surface area contributed by atoms with Crippen molar-refractivity contribution in [3.8, 4) is 0 Å². The zero-order valence-electron chi connectivity index (χ0n) is 11.8. The highest BCUT2D eigenvalue weighted by Crippen LogP contribution is 2.47. The summed E-state index contributed by atoms with van der Waals surface area (Å²) in [6, 6.07) is 7.83. The molecule has 108 valence electrons. The van der Waals surface area contributed by atoms with E-state index < -0.39 is 17.0 Å². The van der Waals surface area contributed by atoms with E-state index in [4.69, 9.17) is 0 Å². The normalized spacial score (nSPS) is 28.1. The number of rotatable bonds is 3. The summed E-state index contributed by atoms with van der Waals surface area (Å²) in [4.78, 5) is 12.0. The van der Waals surface area contributed by atoms with Crippen molar-refractivity contribution in [1.29, 1.82) is 0 Å². The molecule has 2 aliphatic rings. The first-order chi connectivity index (χ1) is 9.56. The Morgan fingerprint density at radius 3 is 2.50 bits per heavy atom. The van der Waals surface area contributed by atoms with Crippen LogP contribution in [0.3, 0.4) is 0 Å². The maximum absolute atomic E-state index is 12.0. The molecule has 3 rings (SSSR count). The third-order valence-corrected chi connectivity index (χ3v) is 5.18. The van der Waals surface area contributed by atoms with Crippen molar-refractivity contribution < 1.29 is 15.0 Å². The number of fused-ring (bicyclic) bond motifs is 1. The van der Waals surface area contributed by atoms with Gasteiger partial charge in [-0.3, -0.25) is 4.79 Å². The predicted molar refractivity (Wildman–Crippen MR) is 76.7 cm³/mol. The van der Waals surface area contributed by atoms with Gasteiger partial charge in [0.15, 0.2) is 0 Å². The fourth-order valence-corrected chi connectivity index (χ4v) is 4.12. The Balaban J connectivity index is 1.96. The average Bonchev–Trinajstić information content (AvgIpc) is 2.80. The summed E-state index contributed by atoms with van der Waals surface area (Å²) in [5, 5.41) is 20.7. The lowest BCUT2D eigenvalue weighted by Crippen LogP contribution is -2.44. The standard InChI is InChI=1S/C17H22O3/c18-15(19)17(12-16(20)9-4-1-5-10-16)11-8-13-6-2-3-7-14(13)17/h2-3,6-7,20H,1,4-5,8-12H2,(H,18,19). The van der Waals surface area contributed by atoms with Gasteiger partial charge < -0.3 is 10.2 Å². The fourth-order valence-electron chi connectivity index (χ4n) is 4.12. The molecule has 0 heterocycles. The Morgan fingerprint density at radius 1 is 1.10 bits per heavy atom. The van der Waals surface area contributed by atoms with E-state index in [1.165, 1.54) is 0 Å². The lowest BCUT2D eigenvalue weighted by molar-refractivity contribution is -0.147. The number of carboxylic acids is 1. The number of hydrogen-bond donors (Lipinski definition) is 2. The van der Waals surface area contributed by atoms with Crippen LogP contribution in [0.4, 0.5) is 0 Å². The predicted octanol–water partition coefficient (Wildman–Crippen LogP) is 3.04. The highest BCUT2D eigenvalue weighted by molar-refractivity contribution is 5.83. The summed E-state index contributed by atoms with van der Waals surface area (Å²) in [6.45, 7) is 0. The highest BCUT2D eigenvalue weighted by atomic mass is 16.4. The first-order valence-corrected chi connectivity index (χ1v) is 7.60. The summed E-state index contributed by atoms with van der Waals surface area (Å²) in [5.74, 6) is -0.776. The number of aryl methyl sites for hydroxylation is 1. The summed E-state index contributed by atoms with van der Waals surface area (Å²) in [7, 11) is 0. The molecule has 20 heavy (non-hydrogen) atoms. The number of hydrogen-bond acceptors (Lipinski definition) is 2. The van der Waals surface area contributed by atoms with Crippen LogP contribution in [0.25, 0.3) is 0 Å². The minimum Gasteiger partial charge on any atom is -0.481 e. The number of carboxylic acid groups (broad SMARTS) is 1. The average molecular weight is 274 g/mol. The van der Waals surface area contributed by atoms with E-state index in [0.717, 1.165) is 49.7 Å². The molecule has 0 aromatic heterocycles. The van der Waals surface area contributed by atoms with Gasteiger partial charge in [-0.05, 0) is 43.2 Å². The van der Waals surface area contributed by atoms with Crippen LogP contribution >= 0.6 is 0 Å². The number of carbonyl (C=O) groups is 1. The van der Waals surface area contributed by atoms with Crippen molar-refractivity contribution in [2.24, 2.45) is 0 Å². The molecule has 3 heteroatoms. The van der Waals surface area contributed by atoms with Crippen molar-refractivity contribution in [1.82, 2.24) is 0 Å². The zero-order valence-corrected chi connectivity index (χ0v) is 11.8. The van der Waals surface area contributed by atoms with Crippen LogP contribution in [-0.2, 0) is 16.6 Å². The Kier molecular flexibility index (Phi) is 3.33. The first-order valence-electron chi connectivity index (χ1n) is 7.60. The highest BCUT2D eigenvalue weighted by Gasteiger charge is 2.50. The molecule has 1 unspecified atom stereocenters. The molecule has 0 aliphatic heterocycles. The van der Waals surface area contributed by atoms with Gasteiger partial charge in [0.1, 0.15) is 0 Å². The van der Waals surface area contributed by atoms with E-state index >= 15 is 0 Å². The van der Waals surface area contributed by atoms with E-state index in [1.54, 1.807) is 0 Å². The third kappa shape index (κ3) is 2.14. The van der Waals surface area contributed by atoms with Gasteiger partial charge in [0.05, 0.1) is 11.0 Å². The summed E-state index contributed by atoms with van der Waals surface area (Å²) < 4.78 is 0. The van der Waals surface area contributed by atoms with Crippen LogP contribution in [0.2, 0.25) is 0 Å². The van der Waals surface area contributed by atoms with Crippen LogP contribution in [-0.4, -0.2) is 21.8 Å². The SMILES string of the molecule is O=C(O)C1(CC2(O)CCCCC2)CCc2ccccc21. The fraction of sp³-hybridized carbons (Fsp3) is 0.588. The molecule has 0 radical (unpaired) electrons. The molecule has 0 bridgehead atoms. The second-order valence-electron chi connectivity index (χ2n) is 6.51. The Morgan fingerprint density at radius 2 is 1.80 bits per heavy atom. The number of benzene rings is 1. The molecule has 1 atom stereocenters. The molecule has 2 aliphatic carbocycles. The van der Waals surface area contributed by atoms with Crippen molar-refractivity contribution in [3.05, 3.63) is 35.4 Å².